The molecule has 92 valence electrons. The Balaban J connectivity index is 2.07. The van der Waals surface area contributed by atoms with Gasteiger partial charge in [-0.25, -0.2) is 0 Å². The van der Waals surface area contributed by atoms with E-state index in [-0.39, 0.29) is 5.92 Å². The number of hydrogen-bond donors (Lipinski definition) is 1. The zero-order valence-electron chi connectivity index (χ0n) is 9.76. The lowest BCUT2D eigenvalue weighted by atomic mass is 10.2. The number of carboxylic acid groups (broad SMARTS) is 1. The first-order valence-electron chi connectivity index (χ1n) is 5.73. The summed E-state index contributed by atoms with van der Waals surface area (Å²) in [4.78, 5) is 11.1. The van der Waals surface area contributed by atoms with Crippen molar-refractivity contribution >= 4 is 16.8 Å². The van der Waals surface area contributed by atoms with Gasteiger partial charge in [0.15, 0.2) is 0 Å². The van der Waals surface area contributed by atoms with Crippen molar-refractivity contribution in [1.29, 1.82) is 0 Å². The summed E-state index contributed by atoms with van der Waals surface area (Å²) in [5, 5.41) is 8.41. The Bertz CT molecular complexity index is 452. The average molecular weight is 252 g/mol. The van der Waals surface area contributed by atoms with Crippen molar-refractivity contribution in [3.05, 3.63) is 35.4 Å². The van der Waals surface area contributed by atoms with Crippen LogP contribution in [-0.4, -0.2) is 20.5 Å². The van der Waals surface area contributed by atoms with Crippen LogP contribution < -0.4 is 0 Å². The van der Waals surface area contributed by atoms with Crippen LogP contribution in [0.25, 0.3) is 0 Å². The second kappa shape index (κ2) is 5.00. The third-order valence-electron chi connectivity index (χ3n) is 2.97. The molecule has 1 N–H and O–H groups in total. The van der Waals surface area contributed by atoms with Gasteiger partial charge in [0.05, 0.1) is 0 Å². The van der Waals surface area contributed by atoms with E-state index in [9.17, 15) is 9.00 Å². The SMILES string of the molecule is Cc1cccc(CS(=O)C(C(=O)O)C2CC2)c1. The summed E-state index contributed by atoms with van der Waals surface area (Å²) < 4.78 is 12.1. The Morgan fingerprint density at radius 3 is 2.76 bits per heavy atom. The number of carbonyl (C=O) groups is 1. The van der Waals surface area contributed by atoms with Crippen molar-refractivity contribution in [3.63, 3.8) is 0 Å². The first-order chi connectivity index (χ1) is 8.08. The summed E-state index contributed by atoms with van der Waals surface area (Å²) in [5.41, 5.74) is 2.06. The van der Waals surface area contributed by atoms with Crippen molar-refractivity contribution in [3.8, 4) is 0 Å². The molecule has 1 aliphatic carbocycles. The van der Waals surface area contributed by atoms with Gasteiger partial charge < -0.3 is 5.11 Å². The van der Waals surface area contributed by atoms with Gasteiger partial charge in [-0.05, 0) is 31.2 Å². The summed E-state index contributed by atoms with van der Waals surface area (Å²) >= 11 is 0. The fourth-order valence-electron chi connectivity index (χ4n) is 1.98. The molecule has 3 nitrogen and oxygen atoms in total. The van der Waals surface area contributed by atoms with E-state index >= 15 is 0 Å². The summed E-state index contributed by atoms with van der Waals surface area (Å²) in [5.74, 6) is -0.452. The van der Waals surface area contributed by atoms with Gasteiger partial charge in [-0.3, -0.25) is 9.00 Å². The van der Waals surface area contributed by atoms with Gasteiger partial charge in [-0.1, -0.05) is 29.8 Å². The number of aliphatic carboxylic acids is 1. The van der Waals surface area contributed by atoms with E-state index in [1.807, 2.05) is 31.2 Å². The highest BCUT2D eigenvalue weighted by molar-refractivity contribution is 7.85. The maximum absolute atomic E-state index is 12.1. The van der Waals surface area contributed by atoms with Crippen molar-refractivity contribution < 1.29 is 14.1 Å². The molecular weight excluding hydrogens is 236 g/mol. The molecule has 1 aromatic carbocycles. The molecule has 17 heavy (non-hydrogen) atoms. The van der Waals surface area contributed by atoms with Crippen LogP contribution >= 0.6 is 0 Å². The molecule has 0 aliphatic heterocycles. The predicted octanol–water partition coefficient (Wildman–Crippen LogP) is 2.11. The lowest BCUT2D eigenvalue weighted by Gasteiger charge is -2.11. The Morgan fingerprint density at radius 2 is 2.24 bits per heavy atom. The van der Waals surface area contributed by atoms with E-state index in [0.29, 0.717) is 5.75 Å². The fraction of sp³-hybridized carbons (Fsp3) is 0.462. The van der Waals surface area contributed by atoms with Gasteiger partial charge >= 0.3 is 5.97 Å². The van der Waals surface area contributed by atoms with Crippen LogP contribution in [0.2, 0.25) is 0 Å². The van der Waals surface area contributed by atoms with E-state index in [1.54, 1.807) is 0 Å². The van der Waals surface area contributed by atoms with Crippen LogP contribution in [0.15, 0.2) is 24.3 Å². The normalized spacial score (nSPS) is 18.6. The van der Waals surface area contributed by atoms with Crippen molar-refractivity contribution in [2.45, 2.75) is 30.8 Å². The van der Waals surface area contributed by atoms with Crippen molar-refractivity contribution in [2.75, 3.05) is 0 Å². The number of rotatable bonds is 5. The number of aryl methyl sites for hydroxylation is 1. The zero-order valence-corrected chi connectivity index (χ0v) is 10.6. The molecule has 0 spiro atoms. The van der Waals surface area contributed by atoms with Crippen molar-refractivity contribution in [1.82, 2.24) is 0 Å². The van der Waals surface area contributed by atoms with Gasteiger partial charge in [0.1, 0.15) is 5.25 Å². The standard InChI is InChI=1S/C13H16O3S/c1-9-3-2-4-10(7-9)8-17(16)12(13(14)15)11-5-6-11/h2-4,7,11-12H,5-6,8H2,1H3,(H,14,15). The van der Waals surface area contributed by atoms with Crippen LogP contribution in [0.3, 0.4) is 0 Å². The Kier molecular flexibility index (Phi) is 3.62. The van der Waals surface area contributed by atoms with Gasteiger partial charge in [-0.2, -0.15) is 0 Å². The molecule has 4 heteroatoms. The van der Waals surface area contributed by atoms with E-state index in [1.165, 1.54) is 0 Å². The predicted molar refractivity (Wildman–Crippen MR) is 67.2 cm³/mol. The molecule has 2 unspecified atom stereocenters. The summed E-state index contributed by atoms with van der Waals surface area (Å²) in [6, 6.07) is 7.75. The Morgan fingerprint density at radius 1 is 1.53 bits per heavy atom. The summed E-state index contributed by atoms with van der Waals surface area (Å²) in [6.45, 7) is 1.97. The molecule has 1 saturated carbocycles. The minimum atomic E-state index is -1.31. The van der Waals surface area contributed by atoms with Gasteiger partial charge in [0, 0.05) is 16.6 Å². The second-order valence-electron chi connectivity index (χ2n) is 4.61. The second-order valence-corrected chi connectivity index (χ2v) is 6.17. The fourth-order valence-corrected chi connectivity index (χ4v) is 3.60. The molecular formula is C13H16O3S. The molecule has 0 heterocycles. The molecule has 0 amide bonds. The minimum absolute atomic E-state index is 0.123. The van der Waals surface area contributed by atoms with Crippen LogP contribution in [-0.2, 0) is 21.3 Å². The molecule has 1 aromatic rings. The molecule has 0 aromatic heterocycles. The molecule has 2 atom stereocenters. The Labute approximate surface area is 103 Å². The highest BCUT2D eigenvalue weighted by Gasteiger charge is 2.40. The molecule has 1 aliphatic rings. The zero-order chi connectivity index (χ0) is 12.4. The summed E-state index contributed by atoms with van der Waals surface area (Å²) in [7, 11) is -1.31. The molecule has 2 rings (SSSR count). The van der Waals surface area contributed by atoms with Gasteiger partial charge in [0.25, 0.3) is 0 Å². The smallest absolute Gasteiger partial charge is 0.319 e. The maximum Gasteiger partial charge on any atom is 0.319 e. The largest absolute Gasteiger partial charge is 0.480 e. The van der Waals surface area contributed by atoms with E-state index in [2.05, 4.69) is 0 Å². The van der Waals surface area contributed by atoms with Gasteiger partial charge in [-0.15, -0.1) is 0 Å². The van der Waals surface area contributed by atoms with Crippen LogP contribution in [0.1, 0.15) is 24.0 Å². The van der Waals surface area contributed by atoms with Gasteiger partial charge in [0.2, 0.25) is 0 Å². The highest BCUT2D eigenvalue weighted by Crippen LogP contribution is 2.36. The molecule has 1 fully saturated rings. The third-order valence-corrected chi connectivity index (χ3v) is 4.74. The number of hydrogen-bond acceptors (Lipinski definition) is 2. The average Bonchev–Trinajstić information content (AvgIpc) is 3.01. The van der Waals surface area contributed by atoms with Crippen LogP contribution in [0.4, 0.5) is 0 Å². The number of carboxylic acids is 1. The van der Waals surface area contributed by atoms with E-state index in [0.717, 1.165) is 24.0 Å². The lowest BCUT2D eigenvalue weighted by molar-refractivity contribution is -0.136. The number of benzene rings is 1. The summed E-state index contributed by atoms with van der Waals surface area (Å²) in [6.07, 6.45) is 1.80. The first kappa shape index (κ1) is 12.3. The minimum Gasteiger partial charge on any atom is -0.480 e. The Hall–Kier alpha value is -1.16. The lowest BCUT2D eigenvalue weighted by Crippen LogP contribution is -2.28. The maximum atomic E-state index is 12.1. The van der Waals surface area contributed by atoms with Crippen LogP contribution in [0, 0.1) is 12.8 Å². The van der Waals surface area contributed by atoms with Crippen molar-refractivity contribution in [2.24, 2.45) is 5.92 Å². The first-order valence-corrected chi connectivity index (χ1v) is 7.11. The molecule has 0 radical (unpaired) electrons. The quantitative estimate of drug-likeness (QED) is 0.873. The van der Waals surface area contributed by atoms with E-state index in [4.69, 9.17) is 5.11 Å². The van der Waals surface area contributed by atoms with E-state index < -0.39 is 22.0 Å². The highest BCUT2D eigenvalue weighted by atomic mass is 32.2. The molecule has 0 saturated heterocycles. The molecule has 0 bridgehead atoms. The topological polar surface area (TPSA) is 54.4 Å². The third kappa shape index (κ3) is 3.16. The monoisotopic (exact) mass is 252 g/mol. The van der Waals surface area contributed by atoms with Crippen LogP contribution in [0.5, 0.6) is 0 Å².